The van der Waals surface area contributed by atoms with Gasteiger partial charge in [-0.05, 0) is 30.5 Å². The van der Waals surface area contributed by atoms with Gasteiger partial charge in [-0.15, -0.1) is 0 Å². The first-order chi connectivity index (χ1) is 8.69. The molecule has 3 aromatic rings. The molecular weight excluding hydrogens is 222 g/mol. The van der Waals surface area contributed by atoms with E-state index in [2.05, 4.69) is 40.9 Å². The van der Waals surface area contributed by atoms with Gasteiger partial charge in [-0.25, -0.2) is 0 Å². The fraction of sp³-hybridized carbons (Fsp3) is 0.267. The first-order valence-corrected chi connectivity index (χ1v) is 6.31. The molecule has 0 amide bonds. The van der Waals surface area contributed by atoms with Crippen LogP contribution in [0.3, 0.4) is 0 Å². The highest BCUT2D eigenvalue weighted by atomic mass is 14.9. The van der Waals surface area contributed by atoms with Crippen molar-refractivity contribution in [2.75, 3.05) is 0 Å². The van der Waals surface area contributed by atoms with E-state index in [1.54, 1.807) is 0 Å². The maximum Gasteiger partial charge on any atom is 0.0519 e. The van der Waals surface area contributed by atoms with Gasteiger partial charge in [0.05, 0.1) is 5.52 Å². The molecule has 2 aromatic heterocycles. The molecular formula is C15H15N3. The SMILES string of the molecule is Cn1c2ccncc2c2ccc(C3(N)CC3)cc21. The Morgan fingerprint density at radius 2 is 2.00 bits per heavy atom. The topological polar surface area (TPSA) is 43.8 Å². The average Bonchev–Trinajstić information content (AvgIpc) is 3.10. The molecule has 4 rings (SSSR count). The molecule has 1 aliphatic carbocycles. The molecule has 18 heavy (non-hydrogen) atoms. The fourth-order valence-electron chi connectivity index (χ4n) is 2.79. The zero-order chi connectivity index (χ0) is 12.3. The quantitative estimate of drug-likeness (QED) is 0.707. The Labute approximate surface area is 105 Å². The molecule has 1 saturated carbocycles. The first-order valence-electron chi connectivity index (χ1n) is 6.31. The van der Waals surface area contributed by atoms with E-state index >= 15 is 0 Å². The molecule has 0 saturated heterocycles. The molecule has 0 radical (unpaired) electrons. The number of nitrogens with two attached hydrogens (primary N) is 1. The molecule has 0 spiro atoms. The van der Waals surface area contributed by atoms with Gasteiger partial charge in [0.25, 0.3) is 0 Å². The van der Waals surface area contributed by atoms with Gasteiger partial charge >= 0.3 is 0 Å². The highest BCUT2D eigenvalue weighted by Crippen LogP contribution is 2.43. The van der Waals surface area contributed by atoms with E-state index in [-0.39, 0.29) is 5.54 Å². The molecule has 1 fully saturated rings. The Balaban J connectivity index is 2.10. The van der Waals surface area contributed by atoms with Crippen molar-refractivity contribution >= 4 is 21.8 Å². The van der Waals surface area contributed by atoms with E-state index in [1.807, 2.05) is 12.4 Å². The standard InChI is InChI=1S/C15H15N3/c1-18-13-4-7-17-9-12(13)11-3-2-10(8-14(11)18)15(16)5-6-15/h2-4,7-9H,5-6,16H2,1H3. The smallest absolute Gasteiger partial charge is 0.0519 e. The van der Waals surface area contributed by atoms with E-state index < -0.39 is 0 Å². The van der Waals surface area contributed by atoms with Gasteiger partial charge in [-0.1, -0.05) is 12.1 Å². The van der Waals surface area contributed by atoms with Crippen LogP contribution in [0.2, 0.25) is 0 Å². The lowest BCUT2D eigenvalue weighted by molar-refractivity contribution is 0.741. The molecule has 0 bridgehead atoms. The zero-order valence-electron chi connectivity index (χ0n) is 10.4. The van der Waals surface area contributed by atoms with Crippen molar-refractivity contribution in [2.45, 2.75) is 18.4 Å². The minimum Gasteiger partial charge on any atom is -0.344 e. The van der Waals surface area contributed by atoms with Crippen LogP contribution in [0.4, 0.5) is 0 Å². The Hall–Kier alpha value is -1.87. The maximum absolute atomic E-state index is 6.28. The van der Waals surface area contributed by atoms with Crippen molar-refractivity contribution in [1.82, 2.24) is 9.55 Å². The predicted molar refractivity (Wildman–Crippen MR) is 73.3 cm³/mol. The number of hydrogen-bond donors (Lipinski definition) is 1. The molecule has 90 valence electrons. The van der Waals surface area contributed by atoms with E-state index in [0.717, 1.165) is 12.8 Å². The highest BCUT2D eigenvalue weighted by Gasteiger charge is 2.40. The second-order valence-corrected chi connectivity index (χ2v) is 5.34. The number of nitrogens with zero attached hydrogens (tertiary/aromatic N) is 2. The lowest BCUT2D eigenvalue weighted by atomic mass is 10.0. The van der Waals surface area contributed by atoms with Crippen LogP contribution in [-0.4, -0.2) is 9.55 Å². The van der Waals surface area contributed by atoms with Crippen molar-refractivity contribution in [3.8, 4) is 0 Å². The van der Waals surface area contributed by atoms with Gasteiger partial charge in [-0.3, -0.25) is 4.98 Å². The Kier molecular flexibility index (Phi) is 1.75. The summed E-state index contributed by atoms with van der Waals surface area (Å²) in [5, 5.41) is 2.47. The molecule has 1 aromatic carbocycles. The minimum absolute atomic E-state index is 0.0666. The number of pyridine rings is 1. The zero-order valence-corrected chi connectivity index (χ0v) is 10.4. The predicted octanol–water partition coefficient (Wildman–Crippen LogP) is 2.67. The summed E-state index contributed by atoms with van der Waals surface area (Å²) in [6.07, 6.45) is 5.98. The first kappa shape index (κ1) is 10.1. The largest absolute Gasteiger partial charge is 0.344 e. The highest BCUT2D eigenvalue weighted by molar-refractivity contribution is 6.07. The van der Waals surface area contributed by atoms with E-state index in [1.165, 1.54) is 27.4 Å². The number of hydrogen-bond acceptors (Lipinski definition) is 2. The molecule has 0 aliphatic heterocycles. The maximum atomic E-state index is 6.28. The normalized spacial score (nSPS) is 17.4. The van der Waals surface area contributed by atoms with E-state index in [4.69, 9.17) is 5.73 Å². The second kappa shape index (κ2) is 3.12. The Morgan fingerprint density at radius 1 is 1.17 bits per heavy atom. The molecule has 3 nitrogen and oxygen atoms in total. The molecule has 2 heterocycles. The van der Waals surface area contributed by atoms with Gasteiger partial charge in [0.15, 0.2) is 0 Å². The van der Waals surface area contributed by atoms with Crippen LogP contribution < -0.4 is 5.73 Å². The summed E-state index contributed by atoms with van der Waals surface area (Å²) in [5.74, 6) is 0. The lowest BCUT2D eigenvalue weighted by Crippen LogP contribution is -2.18. The van der Waals surface area contributed by atoms with Gasteiger partial charge in [0, 0.05) is 41.3 Å². The number of aryl methyl sites for hydroxylation is 1. The number of rotatable bonds is 1. The van der Waals surface area contributed by atoms with Crippen LogP contribution in [0.5, 0.6) is 0 Å². The van der Waals surface area contributed by atoms with Crippen molar-refractivity contribution in [3.05, 3.63) is 42.2 Å². The molecule has 0 unspecified atom stereocenters. The van der Waals surface area contributed by atoms with E-state index in [0.29, 0.717) is 0 Å². The lowest BCUT2D eigenvalue weighted by Gasteiger charge is -2.09. The summed E-state index contributed by atoms with van der Waals surface area (Å²) in [7, 11) is 2.10. The third-order valence-corrected chi connectivity index (χ3v) is 4.17. The van der Waals surface area contributed by atoms with Crippen LogP contribution in [0.15, 0.2) is 36.7 Å². The number of aromatic nitrogens is 2. The van der Waals surface area contributed by atoms with Gasteiger partial charge in [-0.2, -0.15) is 0 Å². The van der Waals surface area contributed by atoms with Crippen LogP contribution in [0, 0.1) is 0 Å². The van der Waals surface area contributed by atoms with Gasteiger partial charge in [0.1, 0.15) is 0 Å². The van der Waals surface area contributed by atoms with Gasteiger partial charge < -0.3 is 10.3 Å². The summed E-state index contributed by atoms with van der Waals surface area (Å²) in [6, 6.07) is 8.65. The van der Waals surface area contributed by atoms with Crippen LogP contribution in [0.25, 0.3) is 21.8 Å². The Morgan fingerprint density at radius 3 is 2.78 bits per heavy atom. The molecule has 0 atom stereocenters. The van der Waals surface area contributed by atoms with Crippen LogP contribution >= 0.6 is 0 Å². The van der Waals surface area contributed by atoms with E-state index in [9.17, 15) is 0 Å². The third kappa shape index (κ3) is 1.20. The third-order valence-electron chi connectivity index (χ3n) is 4.17. The Bertz CT molecular complexity index is 766. The number of fused-ring (bicyclic) bond motifs is 3. The van der Waals surface area contributed by atoms with Crippen LogP contribution in [-0.2, 0) is 12.6 Å². The molecule has 1 aliphatic rings. The summed E-state index contributed by atoms with van der Waals surface area (Å²) >= 11 is 0. The fourth-order valence-corrected chi connectivity index (χ4v) is 2.79. The summed E-state index contributed by atoms with van der Waals surface area (Å²) in [6.45, 7) is 0. The summed E-state index contributed by atoms with van der Waals surface area (Å²) in [4.78, 5) is 4.22. The summed E-state index contributed by atoms with van der Waals surface area (Å²) < 4.78 is 2.22. The molecule has 3 heteroatoms. The molecule has 2 N–H and O–H groups in total. The van der Waals surface area contributed by atoms with Crippen LogP contribution in [0.1, 0.15) is 18.4 Å². The van der Waals surface area contributed by atoms with Crippen molar-refractivity contribution in [1.29, 1.82) is 0 Å². The van der Waals surface area contributed by atoms with Crippen molar-refractivity contribution in [2.24, 2.45) is 12.8 Å². The minimum atomic E-state index is -0.0666. The van der Waals surface area contributed by atoms with Gasteiger partial charge in [0.2, 0.25) is 0 Å². The average molecular weight is 237 g/mol. The van der Waals surface area contributed by atoms with Crippen molar-refractivity contribution < 1.29 is 0 Å². The number of benzene rings is 1. The second-order valence-electron chi connectivity index (χ2n) is 5.34. The monoisotopic (exact) mass is 237 g/mol. The van der Waals surface area contributed by atoms with Crippen molar-refractivity contribution in [3.63, 3.8) is 0 Å². The summed E-state index contributed by atoms with van der Waals surface area (Å²) in [5.41, 5.74) is 9.94.